The van der Waals surface area contributed by atoms with Crippen LogP contribution in [0.15, 0.2) is 70.4 Å². The highest BCUT2D eigenvalue weighted by atomic mass is 79.9. The maximum Gasteiger partial charge on any atom is 0.245 e. The number of anilines is 3. The fourth-order valence-corrected chi connectivity index (χ4v) is 3.81. The summed E-state index contributed by atoms with van der Waals surface area (Å²) in [6, 6.07) is 8.02. The number of halogens is 1. The first-order valence-electron chi connectivity index (χ1n) is 9.14. The van der Waals surface area contributed by atoms with Crippen LogP contribution in [0, 0.1) is 0 Å². The minimum atomic E-state index is -0.649. The van der Waals surface area contributed by atoms with Gasteiger partial charge >= 0.3 is 0 Å². The lowest BCUT2D eigenvalue weighted by atomic mass is 10.2. The summed E-state index contributed by atoms with van der Waals surface area (Å²) in [6.07, 6.45) is 7.07. The van der Waals surface area contributed by atoms with Crippen LogP contribution >= 0.6 is 24.1 Å². The van der Waals surface area contributed by atoms with Gasteiger partial charge in [-0.25, -0.2) is 9.99 Å². The van der Waals surface area contributed by atoms with Crippen LogP contribution in [0.1, 0.15) is 6.92 Å². The molecule has 2 aromatic rings. The zero-order valence-electron chi connectivity index (χ0n) is 17.3. The first-order valence-corrected chi connectivity index (χ1v) is 11.6. The number of nitrogens with zero attached hydrogens (tertiary/aromatic N) is 4. The Labute approximate surface area is 186 Å². The summed E-state index contributed by atoms with van der Waals surface area (Å²) in [5.41, 5.74) is 1.66. The molecule has 1 unspecified atom stereocenters. The summed E-state index contributed by atoms with van der Waals surface area (Å²) in [4.78, 5) is 8.97. The quantitative estimate of drug-likeness (QED) is 0.434. The Bertz CT molecular complexity index is 1040. The Morgan fingerprint density at radius 1 is 1.40 bits per heavy atom. The zero-order valence-corrected chi connectivity index (χ0v) is 19.7. The first kappa shape index (κ1) is 22.2. The summed E-state index contributed by atoms with van der Waals surface area (Å²) in [5.74, 6) is 1.97. The monoisotopic (exact) mass is 487 g/mol. The number of hydrogen-bond acceptors (Lipinski definition) is 7. The molecule has 1 atom stereocenters. The highest BCUT2D eigenvalue weighted by Gasteiger charge is 2.24. The van der Waals surface area contributed by atoms with Crippen molar-refractivity contribution in [2.45, 2.75) is 6.92 Å². The second kappa shape index (κ2) is 9.98. The number of hydrazone groups is 1. The van der Waals surface area contributed by atoms with Crippen molar-refractivity contribution in [2.24, 2.45) is 5.10 Å². The second-order valence-electron chi connectivity index (χ2n) is 6.22. The largest absolute Gasteiger partial charge is 0.431 e. The smallest absolute Gasteiger partial charge is 0.245 e. The molecule has 1 N–H and O–H groups in total. The third kappa shape index (κ3) is 4.95. The van der Waals surface area contributed by atoms with Crippen LogP contribution in [-0.4, -0.2) is 36.7 Å². The number of aromatic nitrogens is 2. The third-order valence-corrected chi connectivity index (χ3v) is 6.69. The molecule has 0 fully saturated rings. The molecular formula is C21H23BrN5O2P. The van der Waals surface area contributed by atoms with Crippen molar-refractivity contribution in [3.8, 4) is 5.75 Å². The summed E-state index contributed by atoms with van der Waals surface area (Å²) < 4.78 is 12.3. The summed E-state index contributed by atoms with van der Waals surface area (Å²) in [6.45, 7) is 7.75. The van der Waals surface area contributed by atoms with E-state index in [9.17, 15) is 0 Å². The predicted octanol–water partition coefficient (Wildman–Crippen LogP) is 5.07. The summed E-state index contributed by atoms with van der Waals surface area (Å²) in [5, 5.41) is 10.5. The van der Waals surface area contributed by atoms with Gasteiger partial charge in [-0.1, -0.05) is 46.8 Å². The van der Waals surface area contributed by atoms with Gasteiger partial charge in [0.1, 0.15) is 0 Å². The van der Waals surface area contributed by atoms with Crippen molar-refractivity contribution in [2.75, 3.05) is 31.1 Å². The molecule has 30 heavy (non-hydrogen) atoms. The highest BCUT2D eigenvalue weighted by molar-refractivity contribution is 9.12. The van der Waals surface area contributed by atoms with Gasteiger partial charge in [0.15, 0.2) is 11.6 Å². The Kier molecular flexibility index (Phi) is 7.37. The molecule has 0 saturated heterocycles. The maximum absolute atomic E-state index is 5.97. The van der Waals surface area contributed by atoms with Crippen LogP contribution in [0.3, 0.4) is 0 Å². The standard InChI is InChI=1S/C21H23BrN5O2P/c1-6-9-16(17(22)7-2)20-26-27(3)19-18(29-20)13-23-21(25-19)24-14-10-8-11-15(12-14)30(5)28-4/h6-13H,1H2,2-5H3,(H,23,24,25)/b16-9+,17-7+. The molecule has 0 radical (unpaired) electrons. The van der Waals surface area contributed by atoms with Gasteiger partial charge in [0.2, 0.25) is 11.8 Å². The second-order valence-corrected chi connectivity index (χ2v) is 8.95. The van der Waals surface area contributed by atoms with E-state index in [1.807, 2.05) is 50.4 Å². The lowest BCUT2D eigenvalue weighted by Crippen LogP contribution is -2.26. The Morgan fingerprint density at radius 2 is 2.20 bits per heavy atom. The van der Waals surface area contributed by atoms with E-state index in [-0.39, 0.29) is 0 Å². The van der Waals surface area contributed by atoms with E-state index in [1.165, 1.54) is 0 Å². The Morgan fingerprint density at radius 3 is 2.90 bits per heavy atom. The number of benzene rings is 1. The van der Waals surface area contributed by atoms with Crippen molar-refractivity contribution < 1.29 is 9.26 Å². The van der Waals surface area contributed by atoms with Crippen LogP contribution in [0.5, 0.6) is 5.75 Å². The topological polar surface area (TPSA) is 71.9 Å². The molecule has 0 saturated carbocycles. The molecule has 1 aromatic carbocycles. The Hall–Kier alpha value is -2.54. The molecule has 156 valence electrons. The molecule has 1 aliphatic heterocycles. The number of allylic oxidation sites excluding steroid dienone is 3. The van der Waals surface area contributed by atoms with E-state index in [0.29, 0.717) is 23.4 Å². The number of nitrogens with one attached hydrogen (secondary N) is 1. The van der Waals surface area contributed by atoms with Crippen LogP contribution in [0.25, 0.3) is 0 Å². The summed E-state index contributed by atoms with van der Waals surface area (Å²) >= 11 is 3.53. The van der Waals surface area contributed by atoms with Crippen LogP contribution in [0.4, 0.5) is 17.5 Å². The van der Waals surface area contributed by atoms with E-state index in [0.717, 1.165) is 21.0 Å². The van der Waals surface area contributed by atoms with E-state index >= 15 is 0 Å². The van der Waals surface area contributed by atoms with Gasteiger partial charge in [-0.05, 0) is 31.8 Å². The average molecular weight is 488 g/mol. The molecule has 1 aromatic heterocycles. The fraction of sp³-hybridized carbons (Fsp3) is 0.190. The minimum Gasteiger partial charge on any atom is -0.431 e. The zero-order chi connectivity index (χ0) is 21.7. The van der Waals surface area contributed by atoms with Gasteiger partial charge in [-0.3, -0.25) is 0 Å². The van der Waals surface area contributed by atoms with Gasteiger partial charge < -0.3 is 14.6 Å². The number of ether oxygens (including phenoxy) is 1. The van der Waals surface area contributed by atoms with Gasteiger partial charge in [0.05, 0.1) is 19.9 Å². The number of rotatable bonds is 7. The van der Waals surface area contributed by atoms with Gasteiger partial charge in [-0.15, -0.1) is 5.10 Å². The predicted molar refractivity (Wildman–Crippen MR) is 129 cm³/mol. The molecule has 3 rings (SSSR count). The summed E-state index contributed by atoms with van der Waals surface area (Å²) in [7, 11) is 2.88. The SMILES string of the molecule is C=C/C=C(C1=NN(C)c2nc(Nc3cccc(P(C)OC)c3)ncc2O1)\C(Br)=C/C. The third-order valence-electron chi connectivity index (χ3n) is 4.26. The van der Waals surface area contributed by atoms with Crippen molar-refractivity contribution in [1.29, 1.82) is 0 Å². The average Bonchev–Trinajstić information content (AvgIpc) is 2.76. The highest BCUT2D eigenvalue weighted by Crippen LogP contribution is 2.34. The maximum atomic E-state index is 5.97. The van der Waals surface area contributed by atoms with Crippen molar-refractivity contribution in [1.82, 2.24) is 9.97 Å². The normalized spacial score (nSPS) is 15.1. The van der Waals surface area contributed by atoms with Crippen molar-refractivity contribution >= 4 is 52.7 Å². The lowest BCUT2D eigenvalue weighted by Gasteiger charge is -2.24. The van der Waals surface area contributed by atoms with Gasteiger partial charge in [0.25, 0.3) is 0 Å². The molecule has 0 bridgehead atoms. The molecule has 7 nitrogen and oxygen atoms in total. The van der Waals surface area contributed by atoms with Crippen LogP contribution in [-0.2, 0) is 4.52 Å². The number of hydrogen-bond donors (Lipinski definition) is 1. The van der Waals surface area contributed by atoms with Crippen molar-refractivity contribution in [3.05, 3.63) is 65.3 Å². The molecule has 0 amide bonds. The van der Waals surface area contributed by atoms with E-state index < -0.39 is 8.15 Å². The first-order chi connectivity index (χ1) is 14.5. The molecule has 9 heteroatoms. The molecule has 2 heterocycles. The van der Waals surface area contributed by atoms with E-state index in [2.05, 4.69) is 49.6 Å². The van der Waals surface area contributed by atoms with Gasteiger partial charge in [-0.2, -0.15) is 4.98 Å². The fourth-order valence-electron chi connectivity index (χ4n) is 2.68. The molecule has 1 aliphatic rings. The molecule has 0 aliphatic carbocycles. The van der Waals surface area contributed by atoms with Crippen LogP contribution in [0.2, 0.25) is 0 Å². The van der Waals surface area contributed by atoms with E-state index in [1.54, 1.807) is 24.4 Å². The molecule has 0 spiro atoms. The van der Waals surface area contributed by atoms with Crippen molar-refractivity contribution in [3.63, 3.8) is 0 Å². The Balaban J connectivity index is 1.86. The number of fused-ring (bicyclic) bond motifs is 1. The van der Waals surface area contributed by atoms with E-state index in [4.69, 9.17) is 9.26 Å². The van der Waals surface area contributed by atoms with Crippen LogP contribution < -0.4 is 20.4 Å². The minimum absolute atomic E-state index is 0.433. The van der Waals surface area contributed by atoms with Gasteiger partial charge in [0, 0.05) is 29.6 Å². The molecular weight excluding hydrogens is 465 g/mol. The lowest BCUT2D eigenvalue weighted by molar-refractivity contribution is 0.471.